The first kappa shape index (κ1) is 15.9. The van der Waals surface area contributed by atoms with Gasteiger partial charge in [0.05, 0.1) is 6.26 Å². The number of amides is 2. The van der Waals surface area contributed by atoms with Gasteiger partial charge < -0.3 is 20.0 Å². The normalized spacial score (nSPS) is 10.7. The van der Waals surface area contributed by atoms with Crippen LogP contribution in [-0.2, 0) is 0 Å². The van der Waals surface area contributed by atoms with Crippen molar-refractivity contribution in [3.05, 3.63) is 59.7 Å². The average Bonchev–Trinajstić information content (AvgIpc) is 3.21. The Hall–Kier alpha value is -3.02. The lowest BCUT2D eigenvalue weighted by Crippen LogP contribution is -2.30. The summed E-state index contributed by atoms with van der Waals surface area (Å²) in [7, 11) is 0. The van der Waals surface area contributed by atoms with Crippen LogP contribution >= 0.6 is 0 Å². The Labute approximate surface area is 139 Å². The zero-order valence-corrected chi connectivity index (χ0v) is 13.4. The molecule has 0 saturated heterocycles. The first-order valence-electron chi connectivity index (χ1n) is 7.83. The van der Waals surface area contributed by atoms with Gasteiger partial charge in [-0.15, -0.1) is 0 Å². The highest BCUT2D eigenvalue weighted by Crippen LogP contribution is 2.14. The van der Waals surface area contributed by atoms with Crippen LogP contribution in [0.15, 0.2) is 47.2 Å². The number of aryl methyl sites for hydroxylation is 1. The molecular formula is C18H19N3O3. The minimum absolute atomic E-state index is 0.119. The minimum Gasteiger partial charge on any atom is -0.459 e. The van der Waals surface area contributed by atoms with Crippen LogP contribution in [0.4, 0.5) is 0 Å². The SMILES string of the molecule is Cc1ccoc1C(=O)NCCCNC(=O)c1ccc2[nH]ccc2c1. The molecule has 6 heteroatoms. The number of rotatable bonds is 6. The lowest BCUT2D eigenvalue weighted by molar-refractivity contribution is 0.0924. The van der Waals surface area contributed by atoms with E-state index in [9.17, 15) is 9.59 Å². The van der Waals surface area contributed by atoms with E-state index in [2.05, 4.69) is 15.6 Å². The Morgan fingerprint density at radius 2 is 1.88 bits per heavy atom. The number of H-pyrrole nitrogens is 1. The Morgan fingerprint density at radius 1 is 1.08 bits per heavy atom. The molecule has 6 nitrogen and oxygen atoms in total. The molecule has 3 aromatic rings. The Bertz CT molecular complexity index is 863. The van der Waals surface area contributed by atoms with Crippen LogP contribution in [0.5, 0.6) is 0 Å². The summed E-state index contributed by atoms with van der Waals surface area (Å²) in [6.45, 7) is 2.78. The number of aromatic nitrogens is 1. The van der Waals surface area contributed by atoms with Gasteiger partial charge in [-0.05, 0) is 43.7 Å². The van der Waals surface area contributed by atoms with Gasteiger partial charge in [0.15, 0.2) is 5.76 Å². The highest BCUT2D eigenvalue weighted by atomic mass is 16.3. The Morgan fingerprint density at radius 3 is 2.62 bits per heavy atom. The van der Waals surface area contributed by atoms with Gasteiger partial charge in [-0.25, -0.2) is 0 Å². The molecule has 0 bridgehead atoms. The molecule has 0 saturated carbocycles. The molecule has 1 aromatic carbocycles. The molecule has 124 valence electrons. The van der Waals surface area contributed by atoms with Crippen LogP contribution in [0.2, 0.25) is 0 Å². The molecule has 0 unspecified atom stereocenters. The van der Waals surface area contributed by atoms with Crippen molar-refractivity contribution in [2.24, 2.45) is 0 Å². The van der Waals surface area contributed by atoms with E-state index >= 15 is 0 Å². The van der Waals surface area contributed by atoms with Crippen molar-refractivity contribution in [3.8, 4) is 0 Å². The number of carbonyl (C=O) groups excluding carboxylic acids is 2. The zero-order chi connectivity index (χ0) is 16.9. The van der Waals surface area contributed by atoms with E-state index in [4.69, 9.17) is 4.42 Å². The predicted octanol–water partition coefficient (Wildman–Crippen LogP) is 2.62. The van der Waals surface area contributed by atoms with Gasteiger partial charge in [0.1, 0.15) is 0 Å². The number of aromatic amines is 1. The van der Waals surface area contributed by atoms with Gasteiger partial charge in [0.2, 0.25) is 0 Å². The summed E-state index contributed by atoms with van der Waals surface area (Å²) in [6.07, 6.45) is 3.98. The van der Waals surface area contributed by atoms with Crippen molar-refractivity contribution in [2.45, 2.75) is 13.3 Å². The summed E-state index contributed by atoms with van der Waals surface area (Å²) >= 11 is 0. The number of benzene rings is 1. The molecule has 0 spiro atoms. The molecule has 0 aliphatic heterocycles. The largest absolute Gasteiger partial charge is 0.459 e. The lowest BCUT2D eigenvalue weighted by atomic mass is 10.1. The summed E-state index contributed by atoms with van der Waals surface area (Å²) in [5.74, 6) is -0.0214. The third kappa shape index (κ3) is 3.48. The van der Waals surface area contributed by atoms with Crippen LogP contribution in [0.1, 0.15) is 32.9 Å². The van der Waals surface area contributed by atoms with Gasteiger partial charge in [-0.2, -0.15) is 0 Å². The number of fused-ring (bicyclic) bond motifs is 1. The molecule has 2 amide bonds. The first-order chi connectivity index (χ1) is 11.6. The van der Waals surface area contributed by atoms with Crippen molar-refractivity contribution >= 4 is 22.7 Å². The van der Waals surface area contributed by atoms with E-state index in [1.165, 1.54) is 6.26 Å². The van der Waals surface area contributed by atoms with Crippen LogP contribution < -0.4 is 10.6 Å². The van der Waals surface area contributed by atoms with Crippen LogP contribution in [-0.4, -0.2) is 29.9 Å². The number of furan rings is 1. The fraction of sp³-hybridized carbons (Fsp3) is 0.222. The number of hydrogen-bond donors (Lipinski definition) is 3. The highest BCUT2D eigenvalue weighted by molar-refractivity contribution is 5.98. The van der Waals surface area contributed by atoms with Crippen molar-refractivity contribution in [1.29, 1.82) is 0 Å². The number of nitrogens with one attached hydrogen (secondary N) is 3. The van der Waals surface area contributed by atoms with Crippen molar-refractivity contribution in [1.82, 2.24) is 15.6 Å². The second kappa shape index (κ2) is 7.04. The summed E-state index contributed by atoms with van der Waals surface area (Å²) in [5, 5.41) is 6.63. The Kier molecular flexibility index (Phi) is 4.65. The van der Waals surface area contributed by atoms with Gasteiger partial charge in [-0.1, -0.05) is 0 Å². The van der Waals surface area contributed by atoms with Crippen LogP contribution in [0, 0.1) is 6.92 Å². The zero-order valence-electron chi connectivity index (χ0n) is 13.4. The van der Waals surface area contributed by atoms with E-state index in [0.717, 1.165) is 16.5 Å². The fourth-order valence-corrected chi connectivity index (χ4v) is 2.47. The number of carbonyl (C=O) groups is 2. The summed E-state index contributed by atoms with van der Waals surface area (Å²) in [5.41, 5.74) is 2.43. The third-order valence-corrected chi connectivity index (χ3v) is 3.81. The standard InChI is InChI=1S/C18H19N3O3/c1-12-6-10-24-16(12)18(23)21-8-2-7-20-17(22)14-3-4-15-13(11-14)5-9-19-15/h3-6,9-11,19H,2,7-8H2,1H3,(H,20,22)(H,21,23). The molecule has 24 heavy (non-hydrogen) atoms. The van der Waals surface area contributed by atoms with Gasteiger partial charge >= 0.3 is 0 Å². The fourth-order valence-electron chi connectivity index (χ4n) is 2.47. The van der Waals surface area contributed by atoms with E-state index in [0.29, 0.717) is 30.8 Å². The van der Waals surface area contributed by atoms with Gasteiger partial charge in [0.25, 0.3) is 11.8 Å². The smallest absolute Gasteiger partial charge is 0.287 e. The molecule has 3 N–H and O–H groups in total. The quantitative estimate of drug-likeness (QED) is 0.609. The van der Waals surface area contributed by atoms with E-state index in [1.807, 2.05) is 31.3 Å². The van der Waals surface area contributed by atoms with Crippen LogP contribution in [0.3, 0.4) is 0 Å². The maximum Gasteiger partial charge on any atom is 0.287 e. The van der Waals surface area contributed by atoms with Gasteiger partial charge in [-0.3, -0.25) is 9.59 Å². The maximum absolute atomic E-state index is 12.1. The molecular weight excluding hydrogens is 306 g/mol. The maximum atomic E-state index is 12.1. The summed E-state index contributed by atoms with van der Waals surface area (Å²) in [4.78, 5) is 27.1. The van der Waals surface area contributed by atoms with Crippen molar-refractivity contribution in [2.75, 3.05) is 13.1 Å². The molecule has 3 rings (SSSR count). The first-order valence-corrected chi connectivity index (χ1v) is 7.83. The molecule has 2 aromatic heterocycles. The van der Waals surface area contributed by atoms with Gasteiger partial charge in [0, 0.05) is 41.3 Å². The topological polar surface area (TPSA) is 87.1 Å². The summed E-state index contributed by atoms with van der Waals surface area (Å²) in [6, 6.07) is 9.20. The van der Waals surface area contributed by atoms with Crippen LogP contribution in [0.25, 0.3) is 10.9 Å². The number of hydrogen-bond acceptors (Lipinski definition) is 3. The third-order valence-electron chi connectivity index (χ3n) is 3.81. The average molecular weight is 325 g/mol. The van der Waals surface area contributed by atoms with E-state index < -0.39 is 0 Å². The monoisotopic (exact) mass is 325 g/mol. The molecule has 0 aliphatic rings. The molecule has 0 radical (unpaired) electrons. The minimum atomic E-state index is -0.235. The van der Waals surface area contributed by atoms with Crippen molar-refractivity contribution in [3.63, 3.8) is 0 Å². The second-order valence-electron chi connectivity index (χ2n) is 5.58. The summed E-state index contributed by atoms with van der Waals surface area (Å²) < 4.78 is 5.12. The molecule has 2 heterocycles. The van der Waals surface area contributed by atoms with Crippen molar-refractivity contribution < 1.29 is 14.0 Å². The molecule has 0 fully saturated rings. The molecule has 0 atom stereocenters. The molecule has 0 aliphatic carbocycles. The van der Waals surface area contributed by atoms with E-state index in [-0.39, 0.29) is 11.8 Å². The van der Waals surface area contributed by atoms with E-state index in [1.54, 1.807) is 12.1 Å². The predicted molar refractivity (Wildman–Crippen MR) is 91.0 cm³/mol. The lowest BCUT2D eigenvalue weighted by Gasteiger charge is -2.07. The highest BCUT2D eigenvalue weighted by Gasteiger charge is 2.11. The Balaban J connectivity index is 1.42. The second-order valence-corrected chi connectivity index (χ2v) is 5.58.